The van der Waals surface area contributed by atoms with E-state index in [2.05, 4.69) is 6.92 Å². The molecule has 4 atom stereocenters. The van der Waals surface area contributed by atoms with Crippen LogP contribution >= 0.6 is 0 Å². The second-order valence-corrected chi connectivity index (χ2v) is 7.61. The van der Waals surface area contributed by atoms with Gasteiger partial charge in [-0.1, -0.05) is 74.7 Å². The molecule has 4 heteroatoms. The molecule has 0 aromatic heterocycles. The van der Waals surface area contributed by atoms with Crippen LogP contribution in [0.5, 0.6) is 0 Å². The predicted octanol–water partition coefficient (Wildman–Crippen LogP) is 4.97. The Morgan fingerprint density at radius 2 is 1.50 bits per heavy atom. The zero-order chi connectivity index (χ0) is 20.1. The molecule has 1 aliphatic heterocycles. The molecule has 4 nitrogen and oxygen atoms in total. The number of hydrogen-bond acceptors (Lipinski definition) is 4. The Kier molecular flexibility index (Phi) is 6.87. The Morgan fingerprint density at radius 1 is 0.929 bits per heavy atom. The number of aryl methyl sites for hydroxylation is 2. The molecule has 1 saturated heterocycles. The third-order valence-electron chi connectivity index (χ3n) is 5.49. The molecule has 1 N–H and O–H groups in total. The van der Waals surface area contributed by atoms with Crippen LogP contribution < -0.4 is 0 Å². The number of carbonyl (C=O) groups is 1. The Morgan fingerprint density at radius 3 is 2.07 bits per heavy atom. The van der Waals surface area contributed by atoms with E-state index >= 15 is 0 Å². The molecule has 0 unspecified atom stereocenters. The monoisotopic (exact) mass is 382 g/mol. The zero-order valence-electron chi connectivity index (χ0n) is 16.9. The summed E-state index contributed by atoms with van der Waals surface area (Å²) in [5.74, 6) is -0.484. The van der Waals surface area contributed by atoms with Crippen molar-refractivity contribution in [3.05, 3.63) is 70.8 Å². The van der Waals surface area contributed by atoms with E-state index in [1.165, 1.54) is 0 Å². The molecule has 0 saturated carbocycles. The van der Waals surface area contributed by atoms with Crippen molar-refractivity contribution in [3.63, 3.8) is 0 Å². The number of esters is 1. The Bertz CT molecular complexity index is 801. The number of rotatable bonds is 7. The predicted molar refractivity (Wildman–Crippen MR) is 109 cm³/mol. The van der Waals surface area contributed by atoms with Gasteiger partial charge in [0, 0.05) is 0 Å². The topological polar surface area (TPSA) is 55.8 Å². The smallest absolute Gasteiger partial charge is 0.338 e. The van der Waals surface area contributed by atoms with E-state index in [1.54, 1.807) is 0 Å². The van der Waals surface area contributed by atoms with Crippen LogP contribution in [-0.2, 0) is 14.3 Å². The van der Waals surface area contributed by atoms with Gasteiger partial charge in [-0.05, 0) is 42.5 Å². The normalized spacial score (nSPS) is 23.3. The molecule has 0 bridgehead atoms. The maximum Gasteiger partial charge on any atom is 0.338 e. The fourth-order valence-corrected chi connectivity index (χ4v) is 3.82. The van der Waals surface area contributed by atoms with E-state index in [0.717, 1.165) is 41.5 Å². The maximum atomic E-state index is 12.7. The summed E-state index contributed by atoms with van der Waals surface area (Å²) in [5, 5.41) is 10.6. The average molecular weight is 383 g/mol. The number of cyclic esters (lactones) is 1. The highest BCUT2D eigenvalue weighted by Crippen LogP contribution is 2.42. The van der Waals surface area contributed by atoms with Crippen molar-refractivity contribution < 1.29 is 19.4 Å². The Hall–Kier alpha value is -2.17. The number of aliphatic hydroxyl groups is 1. The van der Waals surface area contributed by atoms with Crippen LogP contribution in [0, 0.1) is 13.8 Å². The van der Waals surface area contributed by atoms with Gasteiger partial charge in [0.25, 0.3) is 0 Å². The molecule has 28 heavy (non-hydrogen) atoms. The fourth-order valence-electron chi connectivity index (χ4n) is 3.82. The summed E-state index contributed by atoms with van der Waals surface area (Å²) in [6.45, 7) is 6.14. The summed E-state index contributed by atoms with van der Waals surface area (Å²) in [4.78, 5) is 12.7. The SMILES string of the molecule is CCCCC[C@H](O)[C@@H]1O[C@@H](c2ccccc2C)[C@H](c2ccccc2C)OC1=O. The lowest BCUT2D eigenvalue weighted by atomic mass is 9.91. The van der Waals surface area contributed by atoms with Crippen molar-refractivity contribution in [1.82, 2.24) is 0 Å². The molecule has 1 fully saturated rings. The largest absolute Gasteiger partial charge is 0.452 e. The first-order chi connectivity index (χ1) is 13.5. The van der Waals surface area contributed by atoms with E-state index in [1.807, 2.05) is 62.4 Å². The molecule has 0 amide bonds. The van der Waals surface area contributed by atoms with Gasteiger partial charge in [0.2, 0.25) is 0 Å². The van der Waals surface area contributed by atoms with Crippen molar-refractivity contribution in [2.24, 2.45) is 0 Å². The summed E-state index contributed by atoms with van der Waals surface area (Å²) < 4.78 is 12.1. The van der Waals surface area contributed by atoms with Crippen molar-refractivity contribution in [2.45, 2.75) is 70.9 Å². The van der Waals surface area contributed by atoms with Crippen LogP contribution in [0.2, 0.25) is 0 Å². The molecule has 2 aromatic rings. The van der Waals surface area contributed by atoms with Gasteiger partial charge in [-0.25, -0.2) is 4.79 Å². The third-order valence-corrected chi connectivity index (χ3v) is 5.49. The first-order valence-electron chi connectivity index (χ1n) is 10.2. The molecular weight excluding hydrogens is 352 g/mol. The van der Waals surface area contributed by atoms with Crippen LogP contribution in [-0.4, -0.2) is 23.3 Å². The first-order valence-corrected chi connectivity index (χ1v) is 10.2. The van der Waals surface area contributed by atoms with Crippen LogP contribution in [0.1, 0.15) is 67.1 Å². The van der Waals surface area contributed by atoms with Crippen molar-refractivity contribution >= 4 is 5.97 Å². The standard InChI is InChI=1S/C24H30O4/c1-4-5-6-15-20(25)23-24(26)28-22(19-14-10-8-12-17(19)3)21(27-23)18-13-9-7-11-16(18)2/h7-14,20-23,25H,4-6,15H2,1-3H3/t20-,21-,22-,23-/m0/s1. The van der Waals surface area contributed by atoms with Gasteiger partial charge in [-0.3, -0.25) is 0 Å². The van der Waals surface area contributed by atoms with E-state index in [0.29, 0.717) is 6.42 Å². The van der Waals surface area contributed by atoms with Gasteiger partial charge in [0.1, 0.15) is 6.10 Å². The van der Waals surface area contributed by atoms with Gasteiger partial charge in [-0.15, -0.1) is 0 Å². The highest BCUT2D eigenvalue weighted by molar-refractivity contribution is 5.76. The van der Waals surface area contributed by atoms with Gasteiger partial charge < -0.3 is 14.6 Å². The first kappa shape index (κ1) is 20.6. The van der Waals surface area contributed by atoms with E-state index in [9.17, 15) is 9.90 Å². The number of aliphatic hydroxyl groups excluding tert-OH is 1. The molecule has 3 rings (SSSR count). The molecule has 0 aliphatic carbocycles. The van der Waals surface area contributed by atoms with Gasteiger partial charge in [-0.2, -0.15) is 0 Å². The average Bonchev–Trinajstić information content (AvgIpc) is 2.69. The second kappa shape index (κ2) is 9.35. The zero-order valence-corrected chi connectivity index (χ0v) is 16.9. The van der Waals surface area contributed by atoms with Gasteiger partial charge in [0.15, 0.2) is 12.2 Å². The molecule has 2 aromatic carbocycles. The highest BCUT2D eigenvalue weighted by Gasteiger charge is 2.44. The lowest BCUT2D eigenvalue weighted by molar-refractivity contribution is -0.216. The fraction of sp³-hybridized carbons (Fsp3) is 0.458. The summed E-state index contributed by atoms with van der Waals surface area (Å²) in [6, 6.07) is 15.9. The summed E-state index contributed by atoms with van der Waals surface area (Å²) in [6.07, 6.45) is 0.671. The highest BCUT2D eigenvalue weighted by atomic mass is 16.6. The summed E-state index contributed by atoms with van der Waals surface area (Å²) in [5.41, 5.74) is 4.03. The van der Waals surface area contributed by atoms with Crippen LogP contribution in [0.15, 0.2) is 48.5 Å². The van der Waals surface area contributed by atoms with E-state index < -0.39 is 30.4 Å². The maximum absolute atomic E-state index is 12.7. The van der Waals surface area contributed by atoms with Gasteiger partial charge >= 0.3 is 5.97 Å². The van der Waals surface area contributed by atoms with Crippen molar-refractivity contribution in [3.8, 4) is 0 Å². The number of ether oxygens (including phenoxy) is 2. The minimum absolute atomic E-state index is 0.453. The quantitative estimate of drug-likeness (QED) is 0.543. The molecular formula is C24H30O4. The van der Waals surface area contributed by atoms with E-state index in [-0.39, 0.29) is 0 Å². The number of unbranched alkanes of at least 4 members (excludes halogenated alkanes) is 2. The minimum Gasteiger partial charge on any atom is -0.452 e. The summed E-state index contributed by atoms with van der Waals surface area (Å²) in [7, 11) is 0. The van der Waals surface area contributed by atoms with Crippen LogP contribution in [0.3, 0.4) is 0 Å². The minimum atomic E-state index is -0.957. The molecule has 0 radical (unpaired) electrons. The summed E-state index contributed by atoms with van der Waals surface area (Å²) >= 11 is 0. The molecule has 1 heterocycles. The Balaban J connectivity index is 1.92. The van der Waals surface area contributed by atoms with E-state index in [4.69, 9.17) is 9.47 Å². The lowest BCUT2D eigenvalue weighted by Crippen LogP contribution is -2.45. The van der Waals surface area contributed by atoms with Crippen molar-refractivity contribution in [2.75, 3.05) is 0 Å². The lowest BCUT2D eigenvalue weighted by Gasteiger charge is -2.38. The van der Waals surface area contributed by atoms with Gasteiger partial charge in [0.05, 0.1) is 6.10 Å². The number of hydrogen-bond donors (Lipinski definition) is 1. The third kappa shape index (κ3) is 4.45. The number of carbonyl (C=O) groups excluding carboxylic acids is 1. The number of benzene rings is 2. The van der Waals surface area contributed by atoms with Crippen molar-refractivity contribution in [1.29, 1.82) is 0 Å². The molecule has 0 spiro atoms. The molecule has 150 valence electrons. The van der Waals surface area contributed by atoms with Crippen LogP contribution in [0.4, 0.5) is 0 Å². The Labute approximate surface area is 167 Å². The van der Waals surface area contributed by atoms with Crippen LogP contribution in [0.25, 0.3) is 0 Å². The molecule has 1 aliphatic rings. The second-order valence-electron chi connectivity index (χ2n) is 7.61.